The molecule has 8 nitrogen and oxygen atoms in total. The molecule has 0 bridgehead atoms. The van der Waals surface area contributed by atoms with Gasteiger partial charge in [-0.25, -0.2) is 0 Å². The fraction of sp³-hybridized carbons (Fsp3) is 0.381. The van der Waals surface area contributed by atoms with Crippen LogP contribution >= 0.6 is 0 Å². The third-order valence-electron chi connectivity index (χ3n) is 5.00. The number of hydrogen-bond donors (Lipinski definition) is 1. The van der Waals surface area contributed by atoms with E-state index in [9.17, 15) is 14.9 Å². The SMILES string of the molecule is CCN(CC)[C@@H](CNC(=O)c1cc2c(cc1[N+](=O)[O-])OCCO2)c1ccccc1. The minimum atomic E-state index is -0.577. The zero-order valence-corrected chi connectivity index (χ0v) is 16.6. The highest BCUT2D eigenvalue weighted by atomic mass is 16.6. The van der Waals surface area contributed by atoms with Gasteiger partial charge in [-0.2, -0.15) is 0 Å². The smallest absolute Gasteiger partial charge is 0.286 e. The molecule has 2 aromatic carbocycles. The van der Waals surface area contributed by atoms with Gasteiger partial charge in [0.2, 0.25) is 0 Å². The van der Waals surface area contributed by atoms with Gasteiger partial charge in [0.15, 0.2) is 11.5 Å². The van der Waals surface area contributed by atoms with E-state index in [0.29, 0.717) is 25.5 Å². The topological polar surface area (TPSA) is 93.9 Å². The fourth-order valence-electron chi connectivity index (χ4n) is 3.49. The molecule has 154 valence electrons. The molecule has 1 amide bonds. The van der Waals surface area contributed by atoms with Crippen molar-refractivity contribution in [1.82, 2.24) is 10.2 Å². The summed E-state index contributed by atoms with van der Waals surface area (Å²) in [5.41, 5.74) is 0.740. The molecule has 8 heteroatoms. The maximum absolute atomic E-state index is 12.9. The highest BCUT2D eigenvalue weighted by Gasteiger charge is 2.27. The van der Waals surface area contributed by atoms with Crippen LogP contribution in [0.5, 0.6) is 11.5 Å². The number of benzene rings is 2. The van der Waals surface area contributed by atoms with E-state index in [0.717, 1.165) is 18.7 Å². The van der Waals surface area contributed by atoms with Crippen LogP contribution in [0, 0.1) is 10.1 Å². The van der Waals surface area contributed by atoms with Gasteiger partial charge in [0, 0.05) is 12.6 Å². The van der Waals surface area contributed by atoms with Crippen LogP contribution in [0.1, 0.15) is 35.8 Å². The maximum Gasteiger partial charge on any atom is 0.286 e. The summed E-state index contributed by atoms with van der Waals surface area (Å²) in [6.45, 7) is 6.74. The van der Waals surface area contributed by atoms with E-state index in [-0.39, 0.29) is 23.0 Å². The Morgan fingerprint density at radius 1 is 1.14 bits per heavy atom. The lowest BCUT2D eigenvalue weighted by atomic mass is 10.0. The van der Waals surface area contributed by atoms with Crippen molar-refractivity contribution in [3.63, 3.8) is 0 Å². The van der Waals surface area contributed by atoms with Crippen LogP contribution in [0.4, 0.5) is 5.69 Å². The van der Waals surface area contributed by atoms with Crippen LogP contribution in [0.3, 0.4) is 0 Å². The first kappa shape index (κ1) is 20.6. The molecule has 0 radical (unpaired) electrons. The van der Waals surface area contributed by atoms with E-state index in [2.05, 4.69) is 24.1 Å². The normalized spacial score (nSPS) is 13.8. The summed E-state index contributed by atoms with van der Waals surface area (Å²) in [6.07, 6.45) is 0. The molecule has 29 heavy (non-hydrogen) atoms. The van der Waals surface area contributed by atoms with E-state index in [1.807, 2.05) is 30.3 Å². The number of carbonyl (C=O) groups excluding carboxylic acids is 1. The summed E-state index contributed by atoms with van der Waals surface area (Å²) in [4.78, 5) is 26.0. The third-order valence-corrected chi connectivity index (χ3v) is 5.00. The Morgan fingerprint density at radius 2 is 1.76 bits per heavy atom. The van der Waals surface area contributed by atoms with Crippen molar-refractivity contribution >= 4 is 11.6 Å². The first-order valence-corrected chi connectivity index (χ1v) is 9.70. The second-order valence-corrected chi connectivity index (χ2v) is 6.63. The Balaban J connectivity index is 1.84. The van der Waals surface area contributed by atoms with Crippen LogP contribution in [0.15, 0.2) is 42.5 Å². The number of carbonyl (C=O) groups is 1. The van der Waals surface area contributed by atoms with Crippen molar-refractivity contribution in [3.05, 3.63) is 63.7 Å². The molecule has 0 aromatic heterocycles. The molecule has 1 aliphatic rings. The molecule has 0 unspecified atom stereocenters. The zero-order chi connectivity index (χ0) is 20.8. The van der Waals surface area contributed by atoms with Gasteiger partial charge in [-0.05, 0) is 18.7 Å². The number of ether oxygens (including phenoxy) is 2. The van der Waals surface area contributed by atoms with E-state index < -0.39 is 10.8 Å². The third kappa shape index (κ3) is 4.65. The van der Waals surface area contributed by atoms with Crippen molar-refractivity contribution in [3.8, 4) is 11.5 Å². The second-order valence-electron chi connectivity index (χ2n) is 6.63. The first-order valence-electron chi connectivity index (χ1n) is 9.70. The Morgan fingerprint density at radius 3 is 2.34 bits per heavy atom. The van der Waals surface area contributed by atoms with Gasteiger partial charge in [0.05, 0.1) is 17.0 Å². The van der Waals surface area contributed by atoms with Crippen molar-refractivity contribution < 1.29 is 19.2 Å². The van der Waals surface area contributed by atoms with Crippen LogP contribution < -0.4 is 14.8 Å². The standard InChI is InChI=1S/C21H25N3O5/c1-3-23(4-2)18(15-8-6-5-7-9-15)14-22-21(25)16-12-19-20(29-11-10-28-19)13-17(16)24(26)27/h5-9,12-13,18H,3-4,10-11,14H2,1-2H3,(H,22,25)/t18-/m0/s1. The van der Waals surface area contributed by atoms with Crippen molar-refractivity contribution in [2.24, 2.45) is 0 Å². The number of amides is 1. The molecule has 0 aliphatic carbocycles. The van der Waals surface area contributed by atoms with E-state index in [4.69, 9.17) is 9.47 Å². The molecule has 1 aliphatic heterocycles. The highest BCUT2D eigenvalue weighted by Crippen LogP contribution is 2.36. The van der Waals surface area contributed by atoms with Gasteiger partial charge in [-0.3, -0.25) is 19.8 Å². The molecular formula is C21H25N3O5. The quantitative estimate of drug-likeness (QED) is 0.541. The number of fused-ring (bicyclic) bond motifs is 1. The first-order chi connectivity index (χ1) is 14.0. The van der Waals surface area contributed by atoms with E-state index in [1.54, 1.807) is 0 Å². The average molecular weight is 399 g/mol. The molecule has 1 N–H and O–H groups in total. The van der Waals surface area contributed by atoms with E-state index in [1.165, 1.54) is 12.1 Å². The summed E-state index contributed by atoms with van der Waals surface area (Å²) >= 11 is 0. The largest absolute Gasteiger partial charge is 0.486 e. The lowest BCUT2D eigenvalue weighted by Gasteiger charge is -2.30. The Bertz CT molecular complexity index is 868. The Kier molecular flexibility index (Phi) is 6.66. The Labute approximate surface area is 169 Å². The zero-order valence-electron chi connectivity index (χ0n) is 16.6. The second kappa shape index (κ2) is 9.38. The number of nitro groups is 1. The van der Waals surface area contributed by atoms with Gasteiger partial charge >= 0.3 is 0 Å². The monoisotopic (exact) mass is 399 g/mol. The van der Waals surface area contributed by atoms with Gasteiger partial charge in [-0.15, -0.1) is 0 Å². The van der Waals surface area contributed by atoms with Crippen molar-refractivity contribution in [1.29, 1.82) is 0 Å². The minimum Gasteiger partial charge on any atom is -0.486 e. The van der Waals surface area contributed by atoms with Crippen molar-refractivity contribution in [2.45, 2.75) is 19.9 Å². The van der Waals surface area contributed by atoms with E-state index >= 15 is 0 Å². The highest BCUT2D eigenvalue weighted by molar-refractivity contribution is 5.99. The predicted octanol–water partition coefficient (Wildman–Crippen LogP) is 3.18. The summed E-state index contributed by atoms with van der Waals surface area (Å²) in [5, 5.41) is 14.4. The molecule has 0 saturated heterocycles. The molecule has 0 saturated carbocycles. The number of nitrogens with zero attached hydrogens (tertiary/aromatic N) is 2. The number of nitro benzene ring substituents is 1. The number of rotatable bonds is 8. The molecular weight excluding hydrogens is 374 g/mol. The van der Waals surface area contributed by atoms with Crippen LogP contribution in [0.2, 0.25) is 0 Å². The predicted molar refractivity (Wildman–Crippen MR) is 109 cm³/mol. The summed E-state index contributed by atoms with van der Waals surface area (Å²) in [6, 6.07) is 12.5. The van der Waals surface area contributed by atoms with Gasteiger partial charge in [0.1, 0.15) is 18.8 Å². The van der Waals surface area contributed by atoms with Crippen LogP contribution in [-0.4, -0.2) is 48.6 Å². The molecule has 3 rings (SSSR count). The van der Waals surface area contributed by atoms with Crippen molar-refractivity contribution in [2.75, 3.05) is 32.8 Å². The van der Waals surface area contributed by atoms with Gasteiger partial charge in [-0.1, -0.05) is 44.2 Å². The molecule has 1 atom stereocenters. The van der Waals surface area contributed by atoms with Crippen LogP contribution in [0.25, 0.3) is 0 Å². The molecule has 0 spiro atoms. The van der Waals surface area contributed by atoms with Gasteiger partial charge in [0.25, 0.3) is 11.6 Å². The average Bonchev–Trinajstić information content (AvgIpc) is 2.76. The Hall–Kier alpha value is -3.13. The molecule has 0 fully saturated rings. The van der Waals surface area contributed by atoms with Gasteiger partial charge < -0.3 is 14.8 Å². The summed E-state index contributed by atoms with van der Waals surface area (Å²) < 4.78 is 10.9. The number of hydrogen-bond acceptors (Lipinski definition) is 6. The minimum absolute atomic E-state index is 0.0357. The number of nitrogens with one attached hydrogen (secondary N) is 1. The summed E-state index contributed by atoms with van der Waals surface area (Å²) in [7, 11) is 0. The lowest BCUT2D eigenvalue weighted by Crippen LogP contribution is -2.38. The lowest BCUT2D eigenvalue weighted by molar-refractivity contribution is -0.385. The summed E-state index contributed by atoms with van der Waals surface area (Å²) in [5.74, 6) is 0.113. The molecule has 1 heterocycles. The number of likely N-dealkylation sites (N-methyl/N-ethyl adjacent to an activating group) is 1. The molecule has 2 aromatic rings. The maximum atomic E-state index is 12.9. The van der Waals surface area contributed by atoms with Crippen LogP contribution in [-0.2, 0) is 0 Å². The fourth-order valence-corrected chi connectivity index (χ4v) is 3.49.